The summed E-state index contributed by atoms with van der Waals surface area (Å²) in [6.07, 6.45) is -2.33. The summed E-state index contributed by atoms with van der Waals surface area (Å²) < 4.78 is 1.05. The first-order valence-corrected chi connectivity index (χ1v) is 4.81. The molecule has 5 nitrogen and oxygen atoms in total. The quantitative estimate of drug-likeness (QED) is 0.557. The van der Waals surface area contributed by atoms with Gasteiger partial charge >= 0.3 is 1.43 Å². The van der Waals surface area contributed by atoms with Crippen LogP contribution in [0, 0.1) is 0 Å². The van der Waals surface area contributed by atoms with Crippen molar-refractivity contribution < 1.29 is 26.0 Å². The van der Waals surface area contributed by atoms with Crippen molar-refractivity contribution in [2.24, 2.45) is 0 Å². The molecular weight excluding hydrogens is 186 g/mol. The van der Waals surface area contributed by atoms with Crippen molar-refractivity contribution in [2.45, 2.75) is 20.8 Å². The fourth-order valence-electron chi connectivity index (χ4n) is 1.36. The van der Waals surface area contributed by atoms with Crippen LogP contribution in [0.15, 0.2) is 0 Å². The Kier molecular flexibility index (Phi) is 9.81. The van der Waals surface area contributed by atoms with Gasteiger partial charge in [0, 0.05) is 0 Å². The molecule has 14 heavy (non-hydrogen) atoms. The number of aliphatic hydroxyl groups is 1. The molecule has 0 unspecified atom stereocenters. The average molecular weight is 207 g/mol. The van der Waals surface area contributed by atoms with E-state index in [0.29, 0.717) is 6.61 Å². The first-order valence-electron chi connectivity index (χ1n) is 4.81. The van der Waals surface area contributed by atoms with E-state index in [9.17, 15) is 0 Å². The molecule has 0 saturated carbocycles. The third kappa shape index (κ3) is 7.82. The van der Waals surface area contributed by atoms with Crippen molar-refractivity contribution in [1.29, 1.82) is 0 Å². The Morgan fingerprint density at radius 3 is 1.57 bits per heavy atom. The third-order valence-corrected chi connectivity index (χ3v) is 2.59. The Balaban J connectivity index is -0.000000249. The molecule has 0 amide bonds. The van der Waals surface area contributed by atoms with E-state index < -0.39 is 6.16 Å². The standard InChI is InChI=1S/C8H20NO.CH2O3/c1-4-9(5-2,6-3)7-8-10;2-1(3)4/h10H,4-8H2,1-3H3;(H2,2,3,4)/q+1;/p-1. The summed E-state index contributed by atoms with van der Waals surface area (Å²) in [5, 5.41) is 25.4. The lowest BCUT2D eigenvalue weighted by molar-refractivity contribution is -0.923. The molecule has 1 N–H and O–H groups in total. The molecule has 5 heteroatoms. The number of likely N-dealkylation sites (N-methyl/N-ethyl adjacent to an activating group) is 1. The number of carbonyl (C=O) groups is 1. The van der Waals surface area contributed by atoms with Crippen LogP contribution >= 0.6 is 0 Å². The summed E-state index contributed by atoms with van der Waals surface area (Å²) in [6, 6.07) is 0. The van der Waals surface area contributed by atoms with Gasteiger partial charge in [-0.15, -0.1) is 0 Å². The normalized spacial score (nSPS) is 10.3. The summed E-state index contributed by atoms with van der Waals surface area (Å²) in [6.45, 7) is 11.2. The highest BCUT2D eigenvalue weighted by Gasteiger charge is 2.18. The Hall–Kier alpha value is -0.810. The largest absolute Gasteiger partial charge is 1.00 e. The zero-order valence-corrected chi connectivity index (χ0v) is 9.15. The predicted octanol–water partition coefficient (Wildman–Crippen LogP) is -1.48. The highest BCUT2D eigenvalue weighted by atomic mass is 16.6. The van der Waals surface area contributed by atoms with E-state index in [-0.39, 0.29) is 1.43 Å². The summed E-state index contributed by atoms with van der Waals surface area (Å²) in [5.41, 5.74) is 0. The lowest BCUT2D eigenvalue weighted by Crippen LogP contribution is -2.49. The van der Waals surface area contributed by atoms with Crippen LogP contribution in [0.5, 0.6) is 0 Å². The van der Waals surface area contributed by atoms with Gasteiger partial charge in [0.05, 0.1) is 26.2 Å². The SMILES string of the molecule is CC[N+](CC)(CC)CCO.O=C([O-])[O-].[H+]. The van der Waals surface area contributed by atoms with Gasteiger partial charge in [0.15, 0.2) is 0 Å². The molecule has 86 valence electrons. The zero-order chi connectivity index (χ0) is 11.6. The smallest absolute Gasteiger partial charge is 0.652 e. The summed E-state index contributed by atoms with van der Waals surface area (Å²) in [7, 11) is 0. The van der Waals surface area contributed by atoms with Gasteiger partial charge in [-0.1, -0.05) is 0 Å². The number of nitrogens with zero attached hydrogens (tertiary/aromatic N) is 1. The van der Waals surface area contributed by atoms with Gasteiger partial charge in [-0.05, 0) is 26.9 Å². The molecule has 0 atom stereocenters. The lowest BCUT2D eigenvalue weighted by atomic mass is 10.3. The molecule has 0 bridgehead atoms. The summed E-state index contributed by atoms with van der Waals surface area (Å²) >= 11 is 0. The minimum atomic E-state index is -2.33. The number of hydrogen-bond donors (Lipinski definition) is 1. The van der Waals surface area contributed by atoms with Gasteiger partial charge in [-0.25, -0.2) is 0 Å². The minimum Gasteiger partial charge on any atom is -0.652 e. The van der Waals surface area contributed by atoms with Crippen LogP contribution in [0.4, 0.5) is 4.79 Å². The molecule has 0 aliphatic carbocycles. The number of aliphatic hydroxyl groups excluding tert-OH is 1. The van der Waals surface area contributed by atoms with Crippen molar-refractivity contribution in [2.75, 3.05) is 32.8 Å². The Morgan fingerprint density at radius 1 is 1.21 bits per heavy atom. The van der Waals surface area contributed by atoms with Crippen LogP contribution < -0.4 is 10.2 Å². The number of carbonyl (C=O) groups excluding carboxylic acids is 1. The average Bonchev–Trinajstić information content (AvgIpc) is 2.14. The molecule has 0 aromatic carbocycles. The Bertz CT molecular complexity index is 139. The number of carboxylic acid groups (broad SMARTS) is 2. The molecule has 0 spiro atoms. The maximum Gasteiger partial charge on any atom is 1.00 e. The highest BCUT2D eigenvalue weighted by Crippen LogP contribution is 2.03. The molecule has 0 aromatic rings. The molecule has 0 aliphatic heterocycles. The van der Waals surface area contributed by atoms with Crippen molar-refractivity contribution in [3.8, 4) is 0 Å². The van der Waals surface area contributed by atoms with Crippen LogP contribution in [-0.4, -0.2) is 48.5 Å². The van der Waals surface area contributed by atoms with Crippen molar-refractivity contribution in [1.82, 2.24) is 0 Å². The van der Waals surface area contributed by atoms with Crippen molar-refractivity contribution in [3.63, 3.8) is 0 Å². The van der Waals surface area contributed by atoms with E-state index in [0.717, 1.165) is 30.7 Å². The van der Waals surface area contributed by atoms with Gasteiger partial charge in [0.25, 0.3) is 0 Å². The first kappa shape index (κ1) is 15.7. The summed E-state index contributed by atoms with van der Waals surface area (Å²) in [4.78, 5) is 8.33. The molecule has 0 heterocycles. The number of rotatable bonds is 5. The van der Waals surface area contributed by atoms with Gasteiger partial charge in [0.1, 0.15) is 6.54 Å². The van der Waals surface area contributed by atoms with Gasteiger partial charge in [-0.3, -0.25) is 0 Å². The van der Waals surface area contributed by atoms with Gasteiger partial charge in [-0.2, -0.15) is 0 Å². The van der Waals surface area contributed by atoms with Crippen LogP contribution in [0.1, 0.15) is 22.2 Å². The third-order valence-electron chi connectivity index (χ3n) is 2.59. The summed E-state index contributed by atoms with van der Waals surface area (Å²) in [5.74, 6) is 0. The minimum absolute atomic E-state index is 0. The zero-order valence-electron chi connectivity index (χ0n) is 10.2. The molecule has 0 rings (SSSR count). The van der Waals surface area contributed by atoms with Crippen LogP contribution in [0.25, 0.3) is 0 Å². The maximum absolute atomic E-state index is 8.78. The highest BCUT2D eigenvalue weighted by molar-refractivity contribution is 5.47. The molecule has 0 aromatic heterocycles. The second-order valence-electron chi connectivity index (χ2n) is 2.99. The molecule has 0 aliphatic rings. The van der Waals surface area contributed by atoms with Crippen LogP contribution in [0.2, 0.25) is 0 Å². The van der Waals surface area contributed by atoms with E-state index >= 15 is 0 Å². The fraction of sp³-hybridized carbons (Fsp3) is 0.889. The maximum atomic E-state index is 8.78. The molecule has 0 fully saturated rings. The molecular formula is C9H21NO4. The molecule has 0 saturated heterocycles. The van der Waals surface area contributed by atoms with E-state index in [2.05, 4.69) is 20.8 Å². The van der Waals surface area contributed by atoms with Gasteiger partial charge in [0.2, 0.25) is 0 Å². The van der Waals surface area contributed by atoms with Crippen molar-refractivity contribution >= 4 is 6.16 Å². The van der Waals surface area contributed by atoms with E-state index in [1.165, 1.54) is 0 Å². The number of quaternary nitrogens is 1. The Morgan fingerprint density at radius 2 is 1.50 bits per heavy atom. The van der Waals surface area contributed by atoms with Crippen LogP contribution in [-0.2, 0) is 0 Å². The van der Waals surface area contributed by atoms with Crippen molar-refractivity contribution in [3.05, 3.63) is 0 Å². The van der Waals surface area contributed by atoms with Gasteiger partial charge < -0.3 is 24.6 Å². The first-order chi connectivity index (χ1) is 6.47. The van der Waals surface area contributed by atoms with E-state index in [4.69, 9.17) is 20.1 Å². The monoisotopic (exact) mass is 207 g/mol. The lowest BCUT2D eigenvalue weighted by Gasteiger charge is -2.34. The Labute approximate surface area is 86.7 Å². The predicted molar refractivity (Wildman–Crippen MR) is 50.3 cm³/mol. The van der Waals surface area contributed by atoms with E-state index in [1.807, 2.05) is 0 Å². The van der Waals surface area contributed by atoms with E-state index in [1.54, 1.807) is 0 Å². The number of hydrogen-bond acceptors (Lipinski definition) is 4. The van der Waals surface area contributed by atoms with Crippen LogP contribution in [0.3, 0.4) is 0 Å². The topological polar surface area (TPSA) is 83.4 Å². The molecule has 0 radical (unpaired) electrons. The second-order valence-corrected chi connectivity index (χ2v) is 2.99. The fourth-order valence-corrected chi connectivity index (χ4v) is 1.36. The second kappa shape index (κ2) is 8.77.